The molecule has 4 heterocycles. The molecule has 1 atom stereocenters. The van der Waals surface area contributed by atoms with Crippen LogP contribution in [0.4, 0.5) is 0 Å². The second-order valence-corrected chi connectivity index (χ2v) is 7.27. The number of hydrogen-bond donors (Lipinski definition) is 1. The fourth-order valence-electron chi connectivity index (χ4n) is 3.32. The number of nitrogens with one attached hydrogen (secondary N) is 1. The average molecular weight is 358 g/mol. The van der Waals surface area contributed by atoms with E-state index in [2.05, 4.69) is 20.3 Å². The van der Waals surface area contributed by atoms with Crippen molar-refractivity contribution in [3.63, 3.8) is 0 Å². The number of rotatable bonds is 4. The standard InChI is InChI=1S/C16H18N6O2S/c1-10-17-15-14(16(24)18-10)19-20-22(15)9-11-4-2-6-21(11)13(23)8-12-5-3-7-25-12/h3,5,7,11H,2,4,6,8-9H2,1H3,(H,17,18,24)/t11-/m1/s1. The molecule has 0 aliphatic carbocycles. The average Bonchev–Trinajstić information content (AvgIpc) is 3.29. The van der Waals surface area contributed by atoms with Crippen molar-refractivity contribution in [3.05, 3.63) is 38.6 Å². The first-order chi connectivity index (χ1) is 12.1. The largest absolute Gasteiger partial charge is 0.338 e. The predicted molar refractivity (Wildman–Crippen MR) is 93.4 cm³/mol. The van der Waals surface area contributed by atoms with Crippen LogP contribution in [0, 0.1) is 6.92 Å². The van der Waals surface area contributed by atoms with Gasteiger partial charge >= 0.3 is 0 Å². The van der Waals surface area contributed by atoms with E-state index in [1.54, 1.807) is 22.9 Å². The number of aromatic amines is 1. The number of fused-ring (bicyclic) bond motifs is 1. The Morgan fingerprint density at radius 3 is 3.16 bits per heavy atom. The molecule has 8 nitrogen and oxygen atoms in total. The van der Waals surface area contributed by atoms with E-state index in [9.17, 15) is 9.59 Å². The summed E-state index contributed by atoms with van der Waals surface area (Å²) < 4.78 is 1.64. The third-order valence-electron chi connectivity index (χ3n) is 4.48. The molecule has 3 aromatic rings. The van der Waals surface area contributed by atoms with Crippen molar-refractivity contribution in [2.24, 2.45) is 0 Å². The third-order valence-corrected chi connectivity index (χ3v) is 5.36. The summed E-state index contributed by atoms with van der Waals surface area (Å²) in [5, 5.41) is 10.00. The van der Waals surface area contributed by atoms with E-state index in [0.717, 1.165) is 24.3 Å². The molecule has 0 bridgehead atoms. The molecule has 4 rings (SSSR count). The van der Waals surface area contributed by atoms with E-state index >= 15 is 0 Å². The van der Waals surface area contributed by atoms with Crippen molar-refractivity contribution in [2.75, 3.05) is 6.54 Å². The summed E-state index contributed by atoms with van der Waals surface area (Å²) >= 11 is 1.60. The number of hydrogen-bond acceptors (Lipinski definition) is 6. The van der Waals surface area contributed by atoms with Gasteiger partial charge in [0.1, 0.15) is 5.82 Å². The Bertz CT molecular complexity index is 961. The van der Waals surface area contributed by atoms with E-state index in [1.165, 1.54) is 0 Å². The molecule has 1 N–H and O–H groups in total. The van der Waals surface area contributed by atoms with Crippen LogP contribution in [0.1, 0.15) is 23.5 Å². The number of carbonyl (C=O) groups is 1. The summed E-state index contributed by atoms with van der Waals surface area (Å²) in [5.74, 6) is 0.662. The molecule has 1 fully saturated rings. The van der Waals surface area contributed by atoms with E-state index in [4.69, 9.17) is 0 Å². The smallest absolute Gasteiger partial charge is 0.281 e. The first-order valence-electron chi connectivity index (χ1n) is 8.24. The van der Waals surface area contributed by atoms with E-state index in [0.29, 0.717) is 24.4 Å². The quantitative estimate of drug-likeness (QED) is 0.754. The highest BCUT2D eigenvalue weighted by Gasteiger charge is 2.30. The Kier molecular flexibility index (Phi) is 4.08. The van der Waals surface area contributed by atoms with Crippen LogP contribution in [0.25, 0.3) is 11.2 Å². The maximum Gasteiger partial charge on any atom is 0.281 e. The fourth-order valence-corrected chi connectivity index (χ4v) is 4.01. The molecule has 0 aromatic carbocycles. The lowest BCUT2D eigenvalue weighted by atomic mass is 10.2. The lowest BCUT2D eigenvalue weighted by Gasteiger charge is -2.24. The number of H-pyrrole nitrogens is 1. The molecule has 25 heavy (non-hydrogen) atoms. The van der Waals surface area contributed by atoms with Crippen molar-refractivity contribution >= 4 is 28.4 Å². The Morgan fingerprint density at radius 1 is 1.48 bits per heavy atom. The summed E-state index contributed by atoms with van der Waals surface area (Å²) in [7, 11) is 0. The summed E-state index contributed by atoms with van der Waals surface area (Å²) in [6, 6.07) is 4.00. The molecule has 0 saturated carbocycles. The normalized spacial score (nSPS) is 17.5. The Morgan fingerprint density at radius 2 is 2.36 bits per heavy atom. The summed E-state index contributed by atoms with van der Waals surface area (Å²) in [6.45, 7) is 2.99. The van der Waals surface area contributed by atoms with Crippen molar-refractivity contribution in [2.45, 2.75) is 38.8 Å². The highest BCUT2D eigenvalue weighted by molar-refractivity contribution is 7.10. The number of aromatic nitrogens is 5. The molecule has 0 unspecified atom stereocenters. The molecule has 1 aliphatic rings. The molecule has 3 aromatic heterocycles. The Balaban J connectivity index is 1.55. The Labute approximate surface area is 147 Å². The number of likely N-dealkylation sites (tertiary alicyclic amines) is 1. The minimum atomic E-state index is -0.286. The van der Waals surface area contributed by atoms with Crippen LogP contribution in [0.15, 0.2) is 22.3 Å². The minimum Gasteiger partial charge on any atom is -0.338 e. The molecule has 1 amide bonds. The summed E-state index contributed by atoms with van der Waals surface area (Å²) in [5.41, 5.74) is 0.421. The topological polar surface area (TPSA) is 96.8 Å². The van der Waals surface area contributed by atoms with Crippen LogP contribution in [0.5, 0.6) is 0 Å². The highest BCUT2D eigenvalue weighted by Crippen LogP contribution is 2.22. The maximum atomic E-state index is 12.6. The first kappa shape index (κ1) is 15.9. The van der Waals surface area contributed by atoms with Gasteiger partial charge in [-0.2, -0.15) is 0 Å². The van der Waals surface area contributed by atoms with Gasteiger partial charge in [-0.3, -0.25) is 9.59 Å². The molecule has 1 aliphatic heterocycles. The van der Waals surface area contributed by atoms with Gasteiger partial charge in [-0.15, -0.1) is 16.4 Å². The first-order valence-corrected chi connectivity index (χ1v) is 9.12. The SMILES string of the molecule is Cc1nc2c(nnn2C[C@H]2CCCN2C(=O)Cc2cccs2)c(=O)[nH]1. The fraction of sp³-hybridized carbons (Fsp3) is 0.438. The molecule has 1 saturated heterocycles. The van der Waals surface area contributed by atoms with Gasteiger partial charge in [0.25, 0.3) is 5.56 Å². The van der Waals surface area contributed by atoms with Crippen molar-refractivity contribution in [1.82, 2.24) is 29.9 Å². The van der Waals surface area contributed by atoms with Crippen molar-refractivity contribution in [1.29, 1.82) is 0 Å². The van der Waals surface area contributed by atoms with Crippen LogP contribution in [0.3, 0.4) is 0 Å². The van der Waals surface area contributed by atoms with Gasteiger partial charge in [0.05, 0.1) is 19.0 Å². The monoisotopic (exact) mass is 358 g/mol. The van der Waals surface area contributed by atoms with Crippen LogP contribution in [-0.2, 0) is 17.8 Å². The van der Waals surface area contributed by atoms with Crippen LogP contribution in [-0.4, -0.2) is 48.4 Å². The number of amides is 1. The number of nitrogens with zero attached hydrogens (tertiary/aromatic N) is 5. The zero-order valence-electron chi connectivity index (χ0n) is 13.8. The van der Waals surface area contributed by atoms with Gasteiger partial charge in [-0.05, 0) is 31.2 Å². The van der Waals surface area contributed by atoms with Gasteiger partial charge in [-0.25, -0.2) is 9.67 Å². The summed E-state index contributed by atoms with van der Waals surface area (Å²) in [4.78, 5) is 34.5. The number of thiophene rings is 1. The van der Waals surface area contributed by atoms with Gasteiger partial charge in [0.2, 0.25) is 5.91 Å². The van der Waals surface area contributed by atoms with Gasteiger partial charge in [0.15, 0.2) is 11.2 Å². The minimum absolute atomic E-state index is 0.0544. The van der Waals surface area contributed by atoms with E-state index in [-0.39, 0.29) is 23.0 Å². The second-order valence-electron chi connectivity index (χ2n) is 6.23. The van der Waals surface area contributed by atoms with Crippen LogP contribution in [0.2, 0.25) is 0 Å². The molecule has 130 valence electrons. The number of aryl methyl sites for hydroxylation is 1. The third kappa shape index (κ3) is 3.07. The second kappa shape index (κ2) is 6.40. The Hall–Kier alpha value is -2.55. The number of carbonyl (C=O) groups excluding carboxylic acids is 1. The van der Waals surface area contributed by atoms with E-state index < -0.39 is 0 Å². The van der Waals surface area contributed by atoms with Crippen LogP contribution >= 0.6 is 11.3 Å². The van der Waals surface area contributed by atoms with Gasteiger partial charge in [0, 0.05) is 11.4 Å². The van der Waals surface area contributed by atoms with Crippen molar-refractivity contribution < 1.29 is 4.79 Å². The van der Waals surface area contributed by atoms with Gasteiger partial charge < -0.3 is 9.88 Å². The zero-order valence-corrected chi connectivity index (χ0v) is 14.6. The highest BCUT2D eigenvalue weighted by atomic mass is 32.1. The van der Waals surface area contributed by atoms with Gasteiger partial charge in [-0.1, -0.05) is 11.3 Å². The lowest BCUT2D eigenvalue weighted by molar-refractivity contribution is -0.131. The molecule has 0 radical (unpaired) electrons. The summed E-state index contributed by atoms with van der Waals surface area (Å²) in [6.07, 6.45) is 2.32. The maximum absolute atomic E-state index is 12.6. The zero-order chi connectivity index (χ0) is 17.4. The lowest BCUT2D eigenvalue weighted by Crippen LogP contribution is -2.39. The molecular weight excluding hydrogens is 340 g/mol. The predicted octanol–water partition coefficient (Wildman–Crippen LogP) is 1.12. The molecule has 9 heteroatoms. The van der Waals surface area contributed by atoms with E-state index in [1.807, 2.05) is 22.4 Å². The van der Waals surface area contributed by atoms with Crippen LogP contribution < -0.4 is 5.56 Å². The molecular formula is C16H18N6O2S. The van der Waals surface area contributed by atoms with Crippen molar-refractivity contribution in [3.8, 4) is 0 Å². The molecule has 0 spiro atoms.